The van der Waals surface area contributed by atoms with E-state index < -0.39 is 0 Å². The maximum atomic E-state index is 13.0. The molecule has 2 heterocycles. The zero-order valence-corrected chi connectivity index (χ0v) is 16.4. The van der Waals surface area contributed by atoms with E-state index in [2.05, 4.69) is 4.98 Å². The number of benzene rings is 2. The summed E-state index contributed by atoms with van der Waals surface area (Å²) in [5.74, 6) is 1.09. The van der Waals surface area contributed by atoms with Crippen molar-refractivity contribution in [1.29, 1.82) is 0 Å². The summed E-state index contributed by atoms with van der Waals surface area (Å²) in [6.45, 7) is 0.716. The van der Waals surface area contributed by atoms with Crippen LogP contribution >= 0.6 is 11.6 Å². The van der Waals surface area contributed by atoms with Gasteiger partial charge in [-0.25, -0.2) is 0 Å². The molecule has 146 valence electrons. The lowest BCUT2D eigenvalue weighted by Crippen LogP contribution is -2.34. The average Bonchev–Trinajstić information content (AvgIpc) is 3.27. The molecule has 6 heteroatoms. The molecule has 0 saturated carbocycles. The Labute approximate surface area is 173 Å². The zero-order valence-electron chi connectivity index (χ0n) is 15.6. The average molecular weight is 407 g/mol. The quantitative estimate of drug-likeness (QED) is 0.429. The van der Waals surface area contributed by atoms with Gasteiger partial charge in [0, 0.05) is 18.1 Å². The Morgan fingerprint density at radius 2 is 1.86 bits per heavy atom. The van der Waals surface area contributed by atoms with E-state index in [9.17, 15) is 4.79 Å². The van der Waals surface area contributed by atoms with E-state index >= 15 is 0 Å². The maximum absolute atomic E-state index is 13.0. The number of halogens is 1. The number of fused-ring (bicyclic) bond motifs is 1. The predicted octanol–water partition coefficient (Wildman–Crippen LogP) is 5.09. The molecule has 2 aromatic carbocycles. The second-order valence-electron chi connectivity index (χ2n) is 6.55. The van der Waals surface area contributed by atoms with Gasteiger partial charge in [-0.05, 0) is 42.0 Å². The van der Waals surface area contributed by atoms with E-state index in [0.717, 1.165) is 10.9 Å². The molecule has 0 unspecified atom stereocenters. The predicted molar refractivity (Wildman–Crippen MR) is 112 cm³/mol. The fraction of sp³-hybridized carbons (Fsp3) is 0.130. The van der Waals surface area contributed by atoms with E-state index in [1.807, 2.05) is 54.6 Å². The summed E-state index contributed by atoms with van der Waals surface area (Å²) in [6, 6.07) is 20.6. The van der Waals surface area contributed by atoms with Crippen molar-refractivity contribution in [1.82, 2.24) is 9.88 Å². The molecular weight excluding hydrogens is 388 g/mol. The van der Waals surface area contributed by atoms with Gasteiger partial charge in [0.05, 0.1) is 17.8 Å². The van der Waals surface area contributed by atoms with Crippen molar-refractivity contribution in [3.05, 3.63) is 95.5 Å². The smallest absolute Gasteiger partial charge is 0.261 e. The highest BCUT2D eigenvalue weighted by molar-refractivity contribution is 6.35. The molecule has 0 radical (unpaired) electrons. The number of hydrogen-bond donors (Lipinski definition) is 0. The van der Waals surface area contributed by atoms with Crippen LogP contribution in [-0.2, 0) is 17.9 Å². The first-order valence-corrected chi connectivity index (χ1v) is 9.58. The van der Waals surface area contributed by atoms with Crippen LogP contribution in [0.25, 0.3) is 10.9 Å². The third-order valence-electron chi connectivity index (χ3n) is 4.53. The van der Waals surface area contributed by atoms with Crippen molar-refractivity contribution in [2.24, 2.45) is 0 Å². The van der Waals surface area contributed by atoms with Crippen molar-refractivity contribution < 1.29 is 13.9 Å². The highest BCUT2D eigenvalue weighted by Crippen LogP contribution is 2.29. The van der Waals surface area contributed by atoms with Gasteiger partial charge >= 0.3 is 0 Å². The van der Waals surface area contributed by atoms with Gasteiger partial charge in [-0.1, -0.05) is 41.9 Å². The lowest BCUT2D eigenvalue weighted by molar-refractivity contribution is -0.134. The fourth-order valence-corrected chi connectivity index (χ4v) is 3.30. The van der Waals surface area contributed by atoms with Crippen molar-refractivity contribution in [2.75, 3.05) is 6.61 Å². The molecule has 0 fully saturated rings. The molecule has 4 aromatic rings. The molecule has 0 aliphatic heterocycles. The molecule has 5 nitrogen and oxygen atoms in total. The Kier molecular flexibility index (Phi) is 5.77. The largest absolute Gasteiger partial charge is 0.481 e. The Morgan fingerprint density at radius 1 is 1.00 bits per heavy atom. The van der Waals surface area contributed by atoms with Crippen LogP contribution in [0, 0.1) is 0 Å². The van der Waals surface area contributed by atoms with E-state index in [0.29, 0.717) is 35.1 Å². The SMILES string of the molecule is O=C(COc1ccc(Cl)c2cccnc12)N(Cc1ccccc1)Cc1ccco1. The van der Waals surface area contributed by atoms with Crippen molar-refractivity contribution in [3.8, 4) is 5.75 Å². The van der Waals surface area contributed by atoms with Crippen LogP contribution in [0.5, 0.6) is 5.75 Å². The number of ether oxygens (including phenoxy) is 1. The number of carbonyl (C=O) groups is 1. The van der Waals surface area contributed by atoms with Crippen molar-refractivity contribution in [3.63, 3.8) is 0 Å². The van der Waals surface area contributed by atoms with Crippen molar-refractivity contribution in [2.45, 2.75) is 13.1 Å². The second kappa shape index (κ2) is 8.80. The molecule has 29 heavy (non-hydrogen) atoms. The minimum Gasteiger partial charge on any atom is -0.481 e. The number of amides is 1. The molecule has 0 bridgehead atoms. The van der Waals surface area contributed by atoms with Crippen LogP contribution in [0.3, 0.4) is 0 Å². The Hall–Kier alpha value is -3.31. The molecule has 4 rings (SSSR count). The van der Waals surface area contributed by atoms with Crippen LogP contribution in [-0.4, -0.2) is 22.4 Å². The monoisotopic (exact) mass is 406 g/mol. The number of carbonyl (C=O) groups excluding carboxylic acids is 1. The Bertz CT molecular complexity index is 1100. The minimum atomic E-state index is -0.149. The van der Waals surface area contributed by atoms with Crippen LogP contribution in [0.4, 0.5) is 0 Å². The van der Waals surface area contributed by atoms with Gasteiger partial charge in [-0.15, -0.1) is 0 Å². The van der Waals surface area contributed by atoms with E-state index in [1.165, 1.54) is 0 Å². The Morgan fingerprint density at radius 3 is 2.66 bits per heavy atom. The number of nitrogens with zero attached hydrogens (tertiary/aromatic N) is 2. The third kappa shape index (κ3) is 4.58. The summed E-state index contributed by atoms with van der Waals surface area (Å²) in [5, 5.41) is 1.38. The zero-order chi connectivity index (χ0) is 20.1. The summed E-state index contributed by atoms with van der Waals surface area (Å²) in [5.41, 5.74) is 1.67. The van der Waals surface area contributed by atoms with E-state index in [4.69, 9.17) is 20.8 Å². The summed E-state index contributed by atoms with van der Waals surface area (Å²) < 4.78 is 11.3. The molecule has 0 spiro atoms. The summed E-state index contributed by atoms with van der Waals surface area (Å²) in [4.78, 5) is 19.0. The van der Waals surface area contributed by atoms with Gasteiger partial charge in [0.15, 0.2) is 6.61 Å². The van der Waals surface area contributed by atoms with Crippen LogP contribution in [0.15, 0.2) is 83.6 Å². The normalized spacial score (nSPS) is 10.8. The molecule has 1 amide bonds. The lowest BCUT2D eigenvalue weighted by atomic mass is 10.2. The van der Waals surface area contributed by atoms with Crippen LogP contribution in [0.1, 0.15) is 11.3 Å². The van der Waals surface area contributed by atoms with Gasteiger partial charge in [-0.3, -0.25) is 9.78 Å². The highest BCUT2D eigenvalue weighted by atomic mass is 35.5. The first-order chi connectivity index (χ1) is 14.2. The maximum Gasteiger partial charge on any atom is 0.261 e. The van der Waals surface area contributed by atoms with Gasteiger partial charge in [0.2, 0.25) is 0 Å². The highest BCUT2D eigenvalue weighted by Gasteiger charge is 2.18. The number of furan rings is 1. The first-order valence-electron chi connectivity index (χ1n) is 9.21. The van der Waals surface area contributed by atoms with Crippen LogP contribution in [0.2, 0.25) is 5.02 Å². The summed E-state index contributed by atoms with van der Waals surface area (Å²) >= 11 is 6.23. The van der Waals surface area contributed by atoms with Crippen molar-refractivity contribution >= 4 is 28.4 Å². The summed E-state index contributed by atoms with van der Waals surface area (Å²) in [6.07, 6.45) is 3.27. The minimum absolute atomic E-state index is 0.110. The standard InChI is InChI=1S/C23H19ClN2O3/c24-20-10-11-21(23-19(20)9-4-12-25-23)29-16-22(27)26(15-18-8-5-13-28-18)14-17-6-2-1-3-7-17/h1-13H,14-16H2. The molecule has 0 aliphatic carbocycles. The fourth-order valence-electron chi connectivity index (χ4n) is 3.09. The molecule has 0 atom stereocenters. The van der Waals surface area contributed by atoms with E-state index in [-0.39, 0.29) is 12.5 Å². The topological polar surface area (TPSA) is 55.6 Å². The number of hydrogen-bond acceptors (Lipinski definition) is 4. The van der Waals surface area contributed by atoms with Crippen LogP contribution < -0.4 is 4.74 Å². The lowest BCUT2D eigenvalue weighted by Gasteiger charge is -2.22. The Balaban J connectivity index is 1.51. The number of rotatable bonds is 7. The summed E-state index contributed by atoms with van der Waals surface area (Å²) in [7, 11) is 0. The molecule has 2 aromatic heterocycles. The molecule has 0 N–H and O–H groups in total. The number of pyridine rings is 1. The molecular formula is C23H19ClN2O3. The van der Waals surface area contributed by atoms with Gasteiger partial charge in [0.1, 0.15) is 17.0 Å². The van der Waals surface area contributed by atoms with Gasteiger partial charge in [0.25, 0.3) is 5.91 Å². The molecule has 0 aliphatic rings. The second-order valence-corrected chi connectivity index (χ2v) is 6.96. The number of aromatic nitrogens is 1. The van der Waals surface area contributed by atoms with E-state index in [1.54, 1.807) is 29.5 Å². The van der Waals surface area contributed by atoms with Gasteiger partial charge < -0.3 is 14.1 Å². The molecule has 0 saturated heterocycles. The van der Waals surface area contributed by atoms with Gasteiger partial charge in [-0.2, -0.15) is 0 Å². The first kappa shape index (κ1) is 19.0. The third-order valence-corrected chi connectivity index (χ3v) is 4.86.